The number of rotatable bonds is 12. The van der Waals surface area contributed by atoms with Gasteiger partial charge in [-0.1, -0.05) is 64.2 Å². The Hall–Kier alpha value is -1.83. The summed E-state index contributed by atoms with van der Waals surface area (Å²) in [6, 6.07) is 14.5. The molecule has 3 aromatic rings. The summed E-state index contributed by atoms with van der Waals surface area (Å²) >= 11 is 6.22. The lowest BCUT2D eigenvalue weighted by Crippen LogP contribution is -2.43. The third-order valence-corrected chi connectivity index (χ3v) is 9.46. The molecule has 190 valence electrons. The molecule has 0 spiro atoms. The number of hydrogen-bond acceptors (Lipinski definition) is 6. The molecule has 11 heteroatoms. The van der Waals surface area contributed by atoms with E-state index in [0.717, 1.165) is 9.54 Å². The summed E-state index contributed by atoms with van der Waals surface area (Å²) in [7, 11) is -5.30. The number of benzene rings is 2. The average molecular weight is 553 g/mol. The van der Waals surface area contributed by atoms with E-state index in [9.17, 15) is 13.2 Å². The van der Waals surface area contributed by atoms with Gasteiger partial charge < -0.3 is 8.85 Å². The number of carbonyl (C=O) groups excluding carboxylic acids is 1. The molecule has 0 aliphatic heterocycles. The van der Waals surface area contributed by atoms with Gasteiger partial charge in [0.2, 0.25) is 15.3 Å². The van der Waals surface area contributed by atoms with Gasteiger partial charge in [0.1, 0.15) is 6.29 Å². The van der Waals surface area contributed by atoms with Crippen LogP contribution in [-0.2, 0) is 18.9 Å². The number of nitrogens with zero attached hydrogens (tertiary/aromatic N) is 2. The van der Waals surface area contributed by atoms with Crippen molar-refractivity contribution in [2.75, 3.05) is 5.75 Å². The summed E-state index contributed by atoms with van der Waals surface area (Å²) in [6.07, 6.45) is -0.0666. The molecule has 0 amide bonds. The predicted octanol–water partition coefficient (Wildman–Crippen LogP) is 3.89. The van der Waals surface area contributed by atoms with Gasteiger partial charge in [-0.2, -0.15) is 0 Å². The van der Waals surface area contributed by atoms with Crippen LogP contribution in [0.15, 0.2) is 48.5 Å². The van der Waals surface area contributed by atoms with Crippen LogP contribution in [0.3, 0.4) is 0 Å². The second-order valence-electron chi connectivity index (χ2n) is 8.94. The number of fused-ring (bicyclic) bond motifs is 1. The Morgan fingerprint density at radius 3 is 2.31 bits per heavy atom. The number of hydrogen-bond donors (Lipinski definition) is 0. The summed E-state index contributed by atoms with van der Waals surface area (Å²) in [5, 5.41) is -0.138. The van der Waals surface area contributed by atoms with Crippen LogP contribution in [0.25, 0.3) is 11.0 Å². The lowest BCUT2D eigenvalue weighted by atomic mass is 9.70. The van der Waals surface area contributed by atoms with Gasteiger partial charge in [-0.15, -0.1) is 0 Å². The average Bonchev–Trinajstić information content (AvgIpc) is 3.15. The molecule has 1 heterocycles. The maximum absolute atomic E-state index is 14.1. The van der Waals surface area contributed by atoms with Gasteiger partial charge >= 0.3 is 0 Å². The topological polar surface area (TPSA) is 87.5 Å². The Bertz CT molecular complexity index is 1280. The zero-order chi connectivity index (χ0) is 25.8. The van der Waals surface area contributed by atoms with Crippen LogP contribution in [-0.4, -0.2) is 54.7 Å². The molecule has 0 saturated carbocycles. The van der Waals surface area contributed by atoms with Gasteiger partial charge in [-0.25, -0.2) is 17.4 Å². The van der Waals surface area contributed by atoms with E-state index in [0.29, 0.717) is 23.0 Å². The molecule has 0 fully saturated rings. The standard InChI is InChI=1S/C24H33ClN2O5SSi2/c1-6-14-33(29,30)27-19-15-17(12-13-18(19)26-23(27)25)21(28)20(16-10-8-7-9-11-16)24(2,3)22(31-34-4)32-35-5/h7-13,15,20,22H,6,14,34-35H2,1-5H3. The SMILES string of the molecule is CCCS(=O)(=O)n1c(Cl)nc2ccc(C(=O)C(c3ccccc3)C(C)(C)C(O[SiH2]C)O[SiH2]C)cc21. The minimum Gasteiger partial charge on any atom is -0.400 e. The molecule has 1 aromatic heterocycles. The van der Waals surface area contributed by atoms with Crippen LogP contribution in [0.5, 0.6) is 0 Å². The third-order valence-electron chi connectivity index (χ3n) is 5.98. The fraction of sp³-hybridized carbons (Fsp3) is 0.417. The number of ketones is 1. The molecule has 3 rings (SSSR count). The quantitative estimate of drug-likeness (QED) is 0.192. The highest BCUT2D eigenvalue weighted by atomic mass is 35.5. The van der Waals surface area contributed by atoms with E-state index in [1.807, 2.05) is 57.3 Å². The molecule has 0 bridgehead atoms. The van der Waals surface area contributed by atoms with Gasteiger partial charge in [0.25, 0.3) is 0 Å². The molecule has 35 heavy (non-hydrogen) atoms. The summed E-state index contributed by atoms with van der Waals surface area (Å²) in [4.78, 5) is 18.3. The first-order valence-electron chi connectivity index (χ1n) is 11.8. The predicted molar refractivity (Wildman–Crippen MR) is 146 cm³/mol. The summed E-state index contributed by atoms with van der Waals surface area (Å²) in [5.41, 5.74) is 1.27. The Kier molecular flexibility index (Phi) is 9.11. The highest BCUT2D eigenvalue weighted by Gasteiger charge is 2.43. The zero-order valence-corrected chi connectivity index (χ0v) is 25.2. The van der Waals surface area contributed by atoms with E-state index in [4.69, 9.17) is 20.5 Å². The zero-order valence-electron chi connectivity index (χ0n) is 20.8. The molecule has 1 atom stereocenters. The van der Waals surface area contributed by atoms with Crippen LogP contribution < -0.4 is 0 Å². The van der Waals surface area contributed by atoms with Crippen molar-refractivity contribution in [1.82, 2.24) is 8.96 Å². The minimum atomic E-state index is -3.72. The van der Waals surface area contributed by atoms with Crippen molar-refractivity contribution < 1.29 is 22.1 Å². The van der Waals surface area contributed by atoms with Crippen LogP contribution >= 0.6 is 11.6 Å². The van der Waals surface area contributed by atoms with E-state index >= 15 is 0 Å². The molecular formula is C24H33ClN2O5SSi2. The first kappa shape index (κ1) is 27.8. The van der Waals surface area contributed by atoms with Crippen LogP contribution in [0.4, 0.5) is 0 Å². The number of aromatic nitrogens is 2. The fourth-order valence-corrected chi connectivity index (χ4v) is 8.20. The van der Waals surface area contributed by atoms with Crippen molar-refractivity contribution in [2.45, 2.75) is 52.5 Å². The van der Waals surface area contributed by atoms with Gasteiger partial charge in [-0.3, -0.25) is 4.79 Å². The smallest absolute Gasteiger partial charge is 0.241 e. The second-order valence-corrected chi connectivity index (χ2v) is 13.0. The number of imidazole rings is 1. The minimum absolute atomic E-state index is 0.0752. The molecule has 0 saturated heterocycles. The van der Waals surface area contributed by atoms with Crippen LogP contribution in [0.2, 0.25) is 18.4 Å². The first-order chi connectivity index (χ1) is 16.6. The summed E-state index contributed by atoms with van der Waals surface area (Å²) in [6.45, 7) is 9.85. The van der Waals surface area contributed by atoms with E-state index in [2.05, 4.69) is 4.98 Å². The van der Waals surface area contributed by atoms with E-state index < -0.39 is 47.2 Å². The summed E-state index contributed by atoms with van der Waals surface area (Å²) in [5.74, 6) is -0.798. The lowest BCUT2D eigenvalue weighted by molar-refractivity contribution is -0.0856. The monoisotopic (exact) mass is 552 g/mol. The van der Waals surface area contributed by atoms with Crippen molar-refractivity contribution in [3.8, 4) is 0 Å². The van der Waals surface area contributed by atoms with Crippen molar-refractivity contribution in [1.29, 1.82) is 0 Å². The Morgan fingerprint density at radius 1 is 1.11 bits per heavy atom. The third kappa shape index (κ3) is 5.78. The Balaban J connectivity index is 2.17. The highest BCUT2D eigenvalue weighted by Crippen LogP contribution is 2.42. The molecular weight excluding hydrogens is 520 g/mol. The van der Waals surface area contributed by atoms with Gasteiger partial charge in [0.15, 0.2) is 25.3 Å². The van der Waals surface area contributed by atoms with Crippen molar-refractivity contribution in [3.05, 3.63) is 64.9 Å². The van der Waals surface area contributed by atoms with E-state index in [1.165, 1.54) is 0 Å². The maximum Gasteiger partial charge on any atom is 0.241 e. The number of halogens is 1. The fourth-order valence-electron chi connectivity index (χ4n) is 4.44. The van der Waals surface area contributed by atoms with Crippen molar-refractivity contribution in [3.63, 3.8) is 0 Å². The molecule has 1 unspecified atom stereocenters. The van der Waals surface area contributed by atoms with Gasteiger partial charge in [0, 0.05) is 11.0 Å². The van der Waals surface area contributed by atoms with Crippen molar-refractivity contribution in [2.24, 2.45) is 5.41 Å². The largest absolute Gasteiger partial charge is 0.400 e. The highest BCUT2D eigenvalue weighted by molar-refractivity contribution is 7.90. The second kappa shape index (κ2) is 11.5. The molecule has 0 N–H and O–H groups in total. The Morgan fingerprint density at radius 2 is 1.74 bits per heavy atom. The van der Waals surface area contributed by atoms with Crippen LogP contribution in [0.1, 0.15) is 49.0 Å². The van der Waals surface area contributed by atoms with Gasteiger partial charge in [-0.05, 0) is 41.8 Å². The van der Waals surface area contributed by atoms with Gasteiger partial charge in [0.05, 0.1) is 22.7 Å². The Labute approximate surface area is 217 Å². The molecule has 0 aliphatic rings. The molecule has 2 aromatic carbocycles. The van der Waals surface area contributed by atoms with E-state index in [1.54, 1.807) is 25.1 Å². The van der Waals surface area contributed by atoms with Crippen LogP contribution in [0, 0.1) is 5.41 Å². The van der Waals surface area contributed by atoms with Crippen molar-refractivity contribution >= 4 is 58.0 Å². The lowest BCUT2D eigenvalue weighted by Gasteiger charge is -2.40. The summed E-state index contributed by atoms with van der Waals surface area (Å²) < 4.78 is 39.0. The first-order valence-corrected chi connectivity index (χ1v) is 17.8. The normalized spacial score (nSPS) is 14.9. The molecule has 0 radical (unpaired) electrons. The van der Waals surface area contributed by atoms with E-state index in [-0.39, 0.29) is 16.8 Å². The number of Topliss-reactive ketones (excluding diaryl/α,β-unsaturated/α-hetero) is 1. The maximum atomic E-state index is 14.1. The number of carbonyl (C=O) groups is 1. The molecule has 0 aliphatic carbocycles. The molecule has 7 nitrogen and oxygen atoms in total.